The van der Waals surface area contributed by atoms with Gasteiger partial charge in [-0.3, -0.25) is 0 Å². The number of benzene rings is 1. The number of methoxy groups -OCH3 is 1. The number of aliphatic imine (C=N–C) groups is 1. The first-order valence-corrected chi connectivity index (χ1v) is 7.82. The van der Waals surface area contributed by atoms with Crippen LogP contribution in [0.4, 0.5) is 0 Å². The van der Waals surface area contributed by atoms with E-state index < -0.39 is 0 Å². The van der Waals surface area contributed by atoms with E-state index in [1.807, 2.05) is 35.2 Å². The van der Waals surface area contributed by atoms with Crippen LogP contribution in [0.2, 0.25) is 0 Å². The maximum absolute atomic E-state index is 9.12. The molecule has 0 N–H and O–H groups in total. The smallest absolute Gasteiger partial charge is 0.226 e. The van der Waals surface area contributed by atoms with Gasteiger partial charge >= 0.3 is 0 Å². The van der Waals surface area contributed by atoms with Crippen LogP contribution in [-0.2, 0) is 13.0 Å². The molecule has 0 bridgehead atoms. The SMILES string of the molecule is C=CN=C(C(=C)C#N)N1CCc2nc(-c3cccc(OC)c3)oc2C1. The maximum atomic E-state index is 9.12. The second-order valence-electron chi connectivity index (χ2n) is 5.52. The fourth-order valence-corrected chi connectivity index (χ4v) is 2.74. The average Bonchev–Trinajstić information content (AvgIpc) is 3.08. The van der Waals surface area contributed by atoms with Crippen LogP contribution in [0.25, 0.3) is 11.5 Å². The molecule has 0 amide bonds. The van der Waals surface area contributed by atoms with Gasteiger partial charge in [-0.2, -0.15) is 5.26 Å². The van der Waals surface area contributed by atoms with E-state index in [0.717, 1.165) is 22.8 Å². The highest BCUT2D eigenvalue weighted by Gasteiger charge is 2.26. The van der Waals surface area contributed by atoms with Crippen molar-refractivity contribution < 1.29 is 9.15 Å². The van der Waals surface area contributed by atoms with E-state index in [4.69, 9.17) is 14.4 Å². The molecule has 0 unspecified atom stereocenters. The zero-order valence-corrected chi connectivity index (χ0v) is 14.0. The lowest BCUT2D eigenvalue weighted by Gasteiger charge is -2.27. The molecule has 6 nitrogen and oxygen atoms in total. The number of hydrogen-bond acceptors (Lipinski definition) is 5. The lowest BCUT2D eigenvalue weighted by atomic mass is 10.1. The van der Waals surface area contributed by atoms with Crippen molar-refractivity contribution in [2.24, 2.45) is 4.99 Å². The van der Waals surface area contributed by atoms with Gasteiger partial charge in [-0.25, -0.2) is 9.98 Å². The minimum atomic E-state index is 0.302. The Morgan fingerprint density at radius 3 is 3.08 bits per heavy atom. The largest absolute Gasteiger partial charge is 0.497 e. The Morgan fingerprint density at radius 1 is 1.52 bits per heavy atom. The van der Waals surface area contributed by atoms with Crippen molar-refractivity contribution in [2.75, 3.05) is 13.7 Å². The Balaban J connectivity index is 1.88. The maximum Gasteiger partial charge on any atom is 0.226 e. The van der Waals surface area contributed by atoms with Crippen molar-refractivity contribution in [2.45, 2.75) is 13.0 Å². The van der Waals surface area contributed by atoms with Crippen LogP contribution in [-0.4, -0.2) is 29.4 Å². The molecule has 3 rings (SSSR count). The van der Waals surface area contributed by atoms with Crippen molar-refractivity contribution >= 4 is 5.84 Å². The minimum Gasteiger partial charge on any atom is -0.497 e. The molecule has 1 aliphatic rings. The van der Waals surface area contributed by atoms with E-state index in [1.54, 1.807) is 7.11 Å². The molecule has 1 aliphatic heterocycles. The third-order valence-electron chi connectivity index (χ3n) is 3.97. The number of hydrogen-bond donors (Lipinski definition) is 0. The van der Waals surface area contributed by atoms with E-state index in [1.165, 1.54) is 6.20 Å². The molecule has 126 valence electrons. The van der Waals surface area contributed by atoms with Crippen LogP contribution in [0.1, 0.15) is 11.5 Å². The molecule has 25 heavy (non-hydrogen) atoms. The molecule has 0 radical (unpaired) electrons. The summed E-state index contributed by atoms with van der Waals surface area (Å²) in [4.78, 5) is 10.7. The van der Waals surface area contributed by atoms with E-state index in [9.17, 15) is 0 Å². The summed E-state index contributed by atoms with van der Waals surface area (Å²) in [6.45, 7) is 8.53. The molecule has 1 aromatic carbocycles. The molecular weight excluding hydrogens is 316 g/mol. The number of oxazole rings is 1. The summed E-state index contributed by atoms with van der Waals surface area (Å²) in [5.74, 6) is 2.60. The summed E-state index contributed by atoms with van der Waals surface area (Å²) in [6, 6.07) is 9.63. The summed E-state index contributed by atoms with van der Waals surface area (Å²) >= 11 is 0. The Labute approximate surface area is 146 Å². The number of rotatable bonds is 4. The summed E-state index contributed by atoms with van der Waals surface area (Å²) in [5.41, 5.74) is 2.09. The second kappa shape index (κ2) is 7.05. The standard InChI is InChI=1S/C19H18N4O2/c1-4-21-18(13(2)11-20)23-9-8-16-17(12-23)25-19(22-16)14-6-5-7-15(10-14)24-3/h4-7,10H,1-2,8-9,12H2,3H3. The fourth-order valence-electron chi connectivity index (χ4n) is 2.74. The highest BCUT2D eigenvalue weighted by molar-refractivity contribution is 6.01. The van der Waals surface area contributed by atoms with Crippen LogP contribution >= 0.6 is 0 Å². The normalized spacial score (nSPS) is 13.8. The molecule has 2 aromatic rings. The van der Waals surface area contributed by atoms with Gasteiger partial charge in [0.2, 0.25) is 5.89 Å². The van der Waals surface area contributed by atoms with E-state index in [2.05, 4.69) is 23.1 Å². The molecule has 0 atom stereocenters. The number of ether oxygens (including phenoxy) is 1. The molecule has 1 aromatic heterocycles. The van der Waals surface area contributed by atoms with E-state index in [0.29, 0.717) is 36.8 Å². The summed E-state index contributed by atoms with van der Waals surface area (Å²) < 4.78 is 11.2. The third-order valence-corrected chi connectivity index (χ3v) is 3.97. The highest BCUT2D eigenvalue weighted by Crippen LogP contribution is 2.28. The lowest BCUT2D eigenvalue weighted by Crippen LogP contribution is -2.36. The quantitative estimate of drug-likeness (QED) is 0.487. The highest BCUT2D eigenvalue weighted by atomic mass is 16.5. The molecule has 0 saturated heterocycles. The van der Waals surface area contributed by atoms with Crippen molar-refractivity contribution in [1.29, 1.82) is 5.26 Å². The van der Waals surface area contributed by atoms with Crippen molar-refractivity contribution in [3.63, 3.8) is 0 Å². The van der Waals surface area contributed by atoms with Gasteiger partial charge in [-0.05, 0) is 18.2 Å². The van der Waals surface area contributed by atoms with Gasteiger partial charge in [-0.15, -0.1) is 0 Å². The number of fused-ring (bicyclic) bond motifs is 1. The molecule has 0 fully saturated rings. The van der Waals surface area contributed by atoms with Gasteiger partial charge in [0.05, 0.1) is 24.9 Å². The Kier molecular flexibility index (Phi) is 4.66. The van der Waals surface area contributed by atoms with Crippen LogP contribution in [0.5, 0.6) is 5.75 Å². The zero-order chi connectivity index (χ0) is 17.8. The van der Waals surface area contributed by atoms with Gasteiger partial charge in [0, 0.05) is 24.7 Å². The number of nitriles is 1. The first kappa shape index (κ1) is 16.5. The molecular formula is C19H18N4O2. The molecule has 2 heterocycles. The Hall–Kier alpha value is -3.33. The topological polar surface area (TPSA) is 74.7 Å². The van der Waals surface area contributed by atoms with Crippen LogP contribution in [0, 0.1) is 11.3 Å². The average molecular weight is 334 g/mol. The van der Waals surface area contributed by atoms with Crippen LogP contribution in [0.3, 0.4) is 0 Å². The zero-order valence-electron chi connectivity index (χ0n) is 14.0. The van der Waals surface area contributed by atoms with Crippen LogP contribution < -0.4 is 4.74 Å². The molecule has 0 aliphatic carbocycles. The van der Waals surface area contributed by atoms with E-state index >= 15 is 0 Å². The minimum absolute atomic E-state index is 0.302. The molecule has 6 heteroatoms. The monoisotopic (exact) mass is 334 g/mol. The van der Waals surface area contributed by atoms with Crippen molar-refractivity contribution in [3.8, 4) is 23.3 Å². The summed E-state index contributed by atoms with van der Waals surface area (Å²) in [5, 5.41) is 9.12. The first-order valence-electron chi connectivity index (χ1n) is 7.82. The first-order chi connectivity index (χ1) is 12.2. The fraction of sp³-hybridized carbons (Fsp3) is 0.211. The van der Waals surface area contributed by atoms with Gasteiger partial charge < -0.3 is 14.1 Å². The third kappa shape index (κ3) is 3.31. The Bertz CT molecular complexity index is 889. The number of amidine groups is 1. The summed E-state index contributed by atoms with van der Waals surface area (Å²) in [6.07, 6.45) is 2.12. The predicted molar refractivity (Wildman–Crippen MR) is 95.0 cm³/mol. The second-order valence-corrected chi connectivity index (χ2v) is 5.52. The van der Waals surface area contributed by atoms with Crippen molar-refractivity contribution in [3.05, 3.63) is 60.7 Å². The van der Waals surface area contributed by atoms with Gasteiger partial charge in [0.1, 0.15) is 23.4 Å². The Morgan fingerprint density at radius 2 is 2.36 bits per heavy atom. The van der Waals surface area contributed by atoms with Gasteiger partial charge in [0.25, 0.3) is 0 Å². The summed E-state index contributed by atoms with van der Waals surface area (Å²) in [7, 11) is 1.63. The number of nitrogens with zero attached hydrogens (tertiary/aromatic N) is 4. The van der Waals surface area contributed by atoms with Crippen LogP contribution in [0.15, 0.2) is 58.6 Å². The van der Waals surface area contributed by atoms with Crippen molar-refractivity contribution in [1.82, 2.24) is 9.88 Å². The van der Waals surface area contributed by atoms with Gasteiger partial charge in [-0.1, -0.05) is 19.2 Å². The molecule has 0 spiro atoms. The van der Waals surface area contributed by atoms with Gasteiger partial charge in [0.15, 0.2) is 0 Å². The van der Waals surface area contributed by atoms with E-state index in [-0.39, 0.29) is 0 Å². The predicted octanol–water partition coefficient (Wildman–Crippen LogP) is 3.33. The number of aromatic nitrogens is 1. The molecule has 0 saturated carbocycles. The lowest BCUT2D eigenvalue weighted by molar-refractivity contribution is 0.342.